The van der Waals surface area contributed by atoms with E-state index in [2.05, 4.69) is 6.07 Å². The molecule has 0 amide bonds. The van der Waals surface area contributed by atoms with E-state index in [1.54, 1.807) is 6.07 Å². The van der Waals surface area contributed by atoms with Gasteiger partial charge in [-0.1, -0.05) is 51.4 Å². The van der Waals surface area contributed by atoms with Crippen molar-refractivity contribution >= 4 is 10.1 Å². The molecular formula is C21H31NaO5S. The summed E-state index contributed by atoms with van der Waals surface area (Å²) in [7, 11) is -4.47. The van der Waals surface area contributed by atoms with Crippen LogP contribution in [-0.2, 0) is 23.0 Å². The van der Waals surface area contributed by atoms with E-state index in [1.807, 2.05) is 13.0 Å². The van der Waals surface area contributed by atoms with Crippen LogP contribution in [0.4, 0.5) is 0 Å². The molecule has 2 aromatic rings. The molecule has 0 aliphatic heterocycles. The van der Waals surface area contributed by atoms with Crippen molar-refractivity contribution in [2.24, 2.45) is 0 Å². The summed E-state index contributed by atoms with van der Waals surface area (Å²) >= 11 is 0. The summed E-state index contributed by atoms with van der Waals surface area (Å²) in [6.07, 6.45) is 13.9. The Kier molecular flexibility index (Phi) is 12.4. The molecule has 0 fully saturated rings. The van der Waals surface area contributed by atoms with Gasteiger partial charge in [0.15, 0.2) is 10.1 Å². The van der Waals surface area contributed by atoms with Crippen molar-refractivity contribution in [3.8, 4) is 0 Å². The van der Waals surface area contributed by atoms with E-state index in [9.17, 15) is 13.0 Å². The normalized spacial score (nSPS) is 11.5. The van der Waals surface area contributed by atoms with Crippen molar-refractivity contribution in [3.05, 3.63) is 41.5 Å². The SMILES string of the molecule is Cc1ccc(CCCCCCCCCCCCc2ccc(S(=O)(=O)[O-])o2)o1.[Na+]. The maximum atomic E-state index is 10.8. The predicted molar refractivity (Wildman–Crippen MR) is 104 cm³/mol. The van der Waals surface area contributed by atoms with Crippen LogP contribution in [0.1, 0.15) is 81.5 Å². The Hall–Kier alpha value is -0.530. The van der Waals surface area contributed by atoms with E-state index in [-0.39, 0.29) is 29.6 Å². The van der Waals surface area contributed by atoms with Crippen LogP contribution in [0.3, 0.4) is 0 Å². The van der Waals surface area contributed by atoms with Gasteiger partial charge in [-0.3, -0.25) is 0 Å². The van der Waals surface area contributed by atoms with Crippen molar-refractivity contribution in [2.75, 3.05) is 0 Å². The van der Waals surface area contributed by atoms with Crippen LogP contribution in [0.2, 0.25) is 0 Å². The zero-order chi connectivity index (χ0) is 19.5. The average Bonchev–Trinajstić information content (AvgIpc) is 3.24. The van der Waals surface area contributed by atoms with Gasteiger partial charge in [0.25, 0.3) is 0 Å². The van der Waals surface area contributed by atoms with Crippen LogP contribution in [0, 0.1) is 6.92 Å². The Bertz CT molecular complexity index is 763. The Balaban J connectivity index is 0.00000392. The minimum Gasteiger partial charge on any atom is -0.742 e. The van der Waals surface area contributed by atoms with Crippen molar-refractivity contribution in [1.82, 2.24) is 0 Å². The summed E-state index contributed by atoms with van der Waals surface area (Å²) < 4.78 is 43.1. The van der Waals surface area contributed by atoms with Crippen molar-refractivity contribution in [3.63, 3.8) is 0 Å². The van der Waals surface area contributed by atoms with Crippen LogP contribution in [0.15, 0.2) is 38.2 Å². The topological polar surface area (TPSA) is 83.5 Å². The minimum absolute atomic E-state index is 0. The molecule has 0 unspecified atom stereocenters. The van der Waals surface area contributed by atoms with E-state index in [1.165, 1.54) is 57.4 Å². The molecule has 152 valence electrons. The first-order valence-electron chi connectivity index (χ1n) is 10.0. The van der Waals surface area contributed by atoms with E-state index < -0.39 is 15.2 Å². The van der Waals surface area contributed by atoms with Crippen molar-refractivity contribution < 1.29 is 51.4 Å². The van der Waals surface area contributed by atoms with Crippen LogP contribution in [0.25, 0.3) is 0 Å². The van der Waals surface area contributed by atoms with Gasteiger partial charge in [-0.05, 0) is 44.0 Å². The molecule has 0 saturated carbocycles. The Morgan fingerprint density at radius 1 is 0.714 bits per heavy atom. The molecule has 0 saturated heterocycles. The van der Waals surface area contributed by atoms with E-state index in [4.69, 9.17) is 8.83 Å². The van der Waals surface area contributed by atoms with Crippen LogP contribution < -0.4 is 29.6 Å². The third kappa shape index (κ3) is 10.3. The average molecular weight is 419 g/mol. The first kappa shape index (κ1) is 25.5. The van der Waals surface area contributed by atoms with Gasteiger partial charge in [0, 0.05) is 12.8 Å². The Labute approximate surface area is 191 Å². The van der Waals surface area contributed by atoms with Gasteiger partial charge in [0.1, 0.15) is 17.3 Å². The second kappa shape index (κ2) is 13.6. The first-order valence-corrected chi connectivity index (χ1v) is 11.5. The molecule has 0 aliphatic rings. The molecule has 7 heteroatoms. The molecule has 0 aromatic carbocycles. The summed E-state index contributed by atoms with van der Waals surface area (Å²) in [6, 6.07) is 6.93. The molecule has 2 rings (SSSR count). The summed E-state index contributed by atoms with van der Waals surface area (Å²) in [6.45, 7) is 1.98. The number of unbranched alkanes of at least 4 members (excludes halogenated alkanes) is 9. The summed E-state index contributed by atoms with van der Waals surface area (Å²) in [5.74, 6) is 2.68. The quantitative estimate of drug-likeness (QED) is 0.268. The number of rotatable bonds is 14. The molecule has 0 bridgehead atoms. The summed E-state index contributed by atoms with van der Waals surface area (Å²) in [5.41, 5.74) is 0. The standard InChI is InChI=1S/C21H32O5S.Na/c1-18-14-15-19(25-18)12-10-8-6-4-2-3-5-7-9-11-13-20-16-17-21(26-20)27(22,23)24;/h14-17H,2-13H2,1H3,(H,22,23,24);/q;+1/p-1. The van der Waals surface area contributed by atoms with Crippen LogP contribution in [0.5, 0.6) is 0 Å². The molecule has 0 N–H and O–H groups in total. The van der Waals surface area contributed by atoms with Gasteiger partial charge >= 0.3 is 29.6 Å². The van der Waals surface area contributed by atoms with Crippen molar-refractivity contribution in [2.45, 2.75) is 89.1 Å². The van der Waals surface area contributed by atoms with Gasteiger partial charge in [-0.15, -0.1) is 0 Å². The molecule has 0 atom stereocenters. The van der Waals surface area contributed by atoms with Gasteiger partial charge in [0.05, 0.1) is 0 Å². The first-order chi connectivity index (χ1) is 12.9. The fourth-order valence-corrected chi connectivity index (χ4v) is 3.70. The van der Waals surface area contributed by atoms with E-state index in [0.717, 1.165) is 30.8 Å². The zero-order valence-electron chi connectivity index (χ0n) is 17.2. The van der Waals surface area contributed by atoms with Gasteiger partial charge in [0.2, 0.25) is 5.09 Å². The maximum Gasteiger partial charge on any atom is 1.00 e. The number of hydrogen-bond acceptors (Lipinski definition) is 5. The maximum absolute atomic E-state index is 10.8. The predicted octanol–water partition coefficient (Wildman–Crippen LogP) is 2.78. The third-order valence-corrected chi connectivity index (χ3v) is 5.49. The second-order valence-corrected chi connectivity index (χ2v) is 8.53. The molecule has 2 aromatic heterocycles. The smallest absolute Gasteiger partial charge is 0.742 e. The number of furan rings is 2. The minimum atomic E-state index is -4.47. The molecule has 5 nitrogen and oxygen atoms in total. The van der Waals surface area contributed by atoms with E-state index in [0.29, 0.717) is 12.2 Å². The molecule has 0 radical (unpaired) electrons. The second-order valence-electron chi connectivity index (χ2n) is 7.22. The monoisotopic (exact) mass is 418 g/mol. The van der Waals surface area contributed by atoms with Crippen LogP contribution in [-0.4, -0.2) is 13.0 Å². The summed E-state index contributed by atoms with van der Waals surface area (Å²) in [5, 5.41) is -0.475. The van der Waals surface area contributed by atoms with E-state index >= 15 is 0 Å². The van der Waals surface area contributed by atoms with Gasteiger partial charge in [-0.2, -0.15) is 0 Å². The summed E-state index contributed by atoms with van der Waals surface area (Å²) in [4.78, 5) is 0. The number of hydrogen-bond donors (Lipinski definition) is 0. The van der Waals surface area contributed by atoms with Gasteiger partial charge < -0.3 is 13.4 Å². The molecule has 0 spiro atoms. The zero-order valence-corrected chi connectivity index (χ0v) is 20.1. The fraction of sp³-hybridized carbons (Fsp3) is 0.619. The molecule has 0 aliphatic carbocycles. The Morgan fingerprint density at radius 3 is 1.54 bits per heavy atom. The molecular weight excluding hydrogens is 387 g/mol. The van der Waals surface area contributed by atoms with Crippen molar-refractivity contribution in [1.29, 1.82) is 0 Å². The van der Waals surface area contributed by atoms with Crippen LogP contribution >= 0.6 is 0 Å². The third-order valence-electron chi connectivity index (χ3n) is 4.78. The fourth-order valence-electron chi connectivity index (χ4n) is 3.26. The van der Waals surface area contributed by atoms with Gasteiger partial charge in [-0.25, -0.2) is 8.42 Å². The number of aryl methyl sites for hydroxylation is 3. The molecule has 2 heterocycles. The molecule has 28 heavy (non-hydrogen) atoms. The Morgan fingerprint density at radius 2 is 1.14 bits per heavy atom. The largest absolute Gasteiger partial charge is 1.00 e.